The zero-order valence-electron chi connectivity index (χ0n) is 8.64. The molecule has 5 heteroatoms. The topological polar surface area (TPSA) is 30.2 Å². The van der Waals surface area contributed by atoms with Gasteiger partial charge in [-0.15, -0.1) is 0 Å². The lowest BCUT2D eigenvalue weighted by Gasteiger charge is -1.98. The van der Waals surface area contributed by atoms with Gasteiger partial charge < -0.3 is 0 Å². The number of fused-ring (bicyclic) bond motifs is 1. The molecule has 84 valence electrons. The monoisotopic (exact) mass is 291 g/mol. The molecule has 0 fully saturated rings. The van der Waals surface area contributed by atoms with Crippen LogP contribution in [0.2, 0.25) is 0 Å². The first kappa shape index (κ1) is 10.4. The summed E-state index contributed by atoms with van der Waals surface area (Å²) in [6.45, 7) is 0. The molecule has 0 aliphatic carbocycles. The van der Waals surface area contributed by atoms with Crippen molar-refractivity contribution < 1.29 is 4.39 Å². The summed E-state index contributed by atoms with van der Waals surface area (Å²) in [5.74, 6) is 0.257. The van der Waals surface area contributed by atoms with Gasteiger partial charge in [0.1, 0.15) is 5.82 Å². The molecule has 0 bridgehead atoms. The van der Waals surface area contributed by atoms with Crippen LogP contribution < -0.4 is 0 Å². The van der Waals surface area contributed by atoms with E-state index in [4.69, 9.17) is 0 Å². The van der Waals surface area contributed by atoms with Crippen molar-refractivity contribution in [3.05, 3.63) is 53.1 Å². The van der Waals surface area contributed by atoms with Crippen LogP contribution in [0.1, 0.15) is 0 Å². The van der Waals surface area contributed by atoms with Gasteiger partial charge in [0, 0.05) is 28.6 Å². The van der Waals surface area contributed by atoms with Crippen LogP contribution in [0.15, 0.2) is 47.3 Å². The van der Waals surface area contributed by atoms with Gasteiger partial charge in [-0.25, -0.2) is 14.4 Å². The van der Waals surface area contributed by atoms with Crippen molar-refractivity contribution in [3.8, 4) is 11.3 Å². The minimum Gasteiger partial charge on any atom is -0.291 e. The Morgan fingerprint density at radius 2 is 2.18 bits per heavy atom. The lowest BCUT2D eigenvalue weighted by Crippen LogP contribution is -1.84. The fraction of sp³-hybridized carbons (Fsp3) is 0. The van der Waals surface area contributed by atoms with Crippen molar-refractivity contribution >= 4 is 21.7 Å². The Balaban J connectivity index is 2.20. The Morgan fingerprint density at radius 1 is 1.29 bits per heavy atom. The van der Waals surface area contributed by atoms with Crippen molar-refractivity contribution in [2.45, 2.75) is 0 Å². The SMILES string of the molecule is Fc1cc(Br)ccc1-c1cn2cccnc2n1. The molecule has 0 atom stereocenters. The van der Waals surface area contributed by atoms with E-state index in [-0.39, 0.29) is 5.82 Å². The van der Waals surface area contributed by atoms with Crippen molar-refractivity contribution in [2.24, 2.45) is 0 Å². The number of aromatic nitrogens is 3. The maximum Gasteiger partial charge on any atom is 0.234 e. The van der Waals surface area contributed by atoms with Crippen LogP contribution in [0.4, 0.5) is 4.39 Å². The molecule has 3 nitrogen and oxygen atoms in total. The van der Waals surface area contributed by atoms with Gasteiger partial charge in [0.25, 0.3) is 0 Å². The molecular formula is C12H7BrFN3. The summed E-state index contributed by atoms with van der Waals surface area (Å²) in [4.78, 5) is 8.36. The molecule has 0 amide bonds. The Kier molecular flexibility index (Phi) is 2.40. The highest BCUT2D eigenvalue weighted by molar-refractivity contribution is 9.10. The molecule has 2 aromatic heterocycles. The van der Waals surface area contributed by atoms with Crippen LogP contribution in [0.25, 0.3) is 17.0 Å². The molecule has 0 radical (unpaired) electrons. The smallest absolute Gasteiger partial charge is 0.234 e. The molecule has 0 aliphatic rings. The highest BCUT2D eigenvalue weighted by Crippen LogP contribution is 2.24. The van der Waals surface area contributed by atoms with E-state index in [9.17, 15) is 4.39 Å². The van der Waals surface area contributed by atoms with Gasteiger partial charge in [0.2, 0.25) is 5.78 Å². The van der Waals surface area contributed by atoms with Gasteiger partial charge in [0.05, 0.1) is 5.69 Å². The molecule has 0 unspecified atom stereocenters. The average Bonchev–Trinajstić information content (AvgIpc) is 2.72. The summed E-state index contributed by atoms with van der Waals surface area (Å²) in [5.41, 5.74) is 1.05. The molecule has 3 aromatic rings. The second-order valence-electron chi connectivity index (χ2n) is 3.58. The zero-order valence-corrected chi connectivity index (χ0v) is 10.2. The lowest BCUT2D eigenvalue weighted by atomic mass is 10.1. The molecule has 17 heavy (non-hydrogen) atoms. The van der Waals surface area contributed by atoms with Crippen molar-refractivity contribution in [2.75, 3.05) is 0 Å². The van der Waals surface area contributed by atoms with Crippen molar-refractivity contribution in [1.29, 1.82) is 0 Å². The van der Waals surface area contributed by atoms with Crippen LogP contribution in [-0.2, 0) is 0 Å². The Hall–Kier alpha value is -1.75. The van der Waals surface area contributed by atoms with Gasteiger partial charge in [0.15, 0.2) is 0 Å². The van der Waals surface area contributed by atoms with E-state index < -0.39 is 0 Å². The van der Waals surface area contributed by atoms with Gasteiger partial charge in [-0.3, -0.25) is 4.40 Å². The quantitative estimate of drug-likeness (QED) is 0.689. The number of halogens is 2. The normalized spacial score (nSPS) is 10.9. The second-order valence-corrected chi connectivity index (χ2v) is 4.49. The molecule has 2 heterocycles. The highest BCUT2D eigenvalue weighted by atomic mass is 79.9. The predicted octanol–water partition coefficient (Wildman–Crippen LogP) is 3.30. The second kappa shape index (κ2) is 3.92. The van der Waals surface area contributed by atoms with Gasteiger partial charge >= 0.3 is 0 Å². The third-order valence-electron chi connectivity index (χ3n) is 2.44. The first-order valence-corrected chi connectivity index (χ1v) is 5.78. The first-order valence-electron chi connectivity index (χ1n) is 4.99. The van der Waals surface area contributed by atoms with Crippen LogP contribution >= 0.6 is 15.9 Å². The predicted molar refractivity (Wildman–Crippen MR) is 66.1 cm³/mol. The number of rotatable bonds is 1. The summed E-state index contributed by atoms with van der Waals surface area (Å²) in [7, 11) is 0. The van der Waals surface area contributed by atoms with Crippen LogP contribution in [0.5, 0.6) is 0 Å². The Bertz CT molecular complexity index is 660. The van der Waals surface area contributed by atoms with E-state index in [1.807, 2.05) is 6.20 Å². The summed E-state index contributed by atoms with van der Waals surface area (Å²) in [6.07, 6.45) is 5.24. The minimum atomic E-state index is -0.303. The number of benzene rings is 1. The van der Waals surface area contributed by atoms with Crippen molar-refractivity contribution in [3.63, 3.8) is 0 Å². The van der Waals surface area contributed by atoms with E-state index in [0.717, 1.165) is 0 Å². The molecule has 0 N–H and O–H groups in total. The number of nitrogens with zero attached hydrogens (tertiary/aromatic N) is 3. The summed E-state index contributed by atoms with van der Waals surface area (Å²) in [6, 6.07) is 6.71. The van der Waals surface area contributed by atoms with Crippen LogP contribution in [-0.4, -0.2) is 14.4 Å². The molecule has 0 saturated carbocycles. The van der Waals surface area contributed by atoms with Gasteiger partial charge in [-0.05, 0) is 24.3 Å². The maximum absolute atomic E-state index is 13.8. The van der Waals surface area contributed by atoms with Gasteiger partial charge in [-0.1, -0.05) is 15.9 Å². The molecular weight excluding hydrogens is 285 g/mol. The molecule has 0 aliphatic heterocycles. The number of imidazole rings is 1. The third kappa shape index (κ3) is 1.82. The van der Waals surface area contributed by atoms with Crippen molar-refractivity contribution in [1.82, 2.24) is 14.4 Å². The minimum absolute atomic E-state index is 0.303. The number of hydrogen-bond donors (Lipinski definition) is 0. The first-order chi connectivity index (χ1) is 8.24. The summed E-state index contributed by atoms with van der Waals surface area (Å²) >= 11 is 3.23. The van der Waals surface area contributed by atoms with Gasteiger partial charge in [-0.2, -0.15) is 0 Å². The van der Waals surface area contributed by atoms with E-state index in [1.54, 1.807) is 35.0 Å². The fourth-order valence-electron chi connectivity index (χ4n) is 1.66. The zero-order chi connectivity index (χ0) is 11.8. The molecule has 1 aromatic carbocycles. The van der Waals surface area contributed by atoms with E-state index in [2.05, 4.69) is 25.9 Å². The Labute approximate surface area is 105 Å². The standard InChI is InChI=1S/C12H7BrFN3/c13-8-2-3-9(10(14)6-8)11-7-17-5-1-4-15-12(17)16-11/h1-7H. The van der Waals surface area contributed by atoms with E-state index in [1.165, 1.54) is 6.07 Å². The Morgan fingerprint density at radius 3 is 2.94 bits per heavy atom. The maximum atomic E-state index is 13.8. The molecule has 3 rings (SSSR count). The average molecular weight is 292 g/mol. The lowest BCUT2D eigenvalue weighted by molar-refractivity contribution is 0.630. The fourth-order valence-corrected chi connectivity index (χ4v) is 1.99. The summed E-state index contributed by atoms with van der Waals surface area (Å²) in [5, 5.41) is 0. The van der Waals surface area contributed by atoms with E-state index >= 15 is 0 Å². The highest BCUT2D eigenvalue weighted by Gasteiger charge is 2.09. The summed E-state index contributed by atoms with van der Waals surface area (Å²) < 4.78 is 16.2. The van der Waals surface area contributed by atoms with E-state index in [0.29, 0.717) is 21.5 Å². The van der Waals surface area contributed by atoms with Crippen LogP contribution in [0.3, 0.4) is 0 Å². The van der Waals surface area contributed by atoms with Crippen LogP contribution in [0, 0.1) is 5.82 Å². The number of hydrogen-bond acceptors (Lipinski definition) is 2. The molecule has 0 saturated heterocycles. The largest absolute Gasteiger partial charge is 0.291 e. The molecule has 0 spiro atoms. The third-order valence-corrected chi connectivity index (χ3v) is 2.94.